The number of aromatic amines is 1. The van der Waals surface area contributed by atoms with Crippen LogP contribution < -0.4 is 5.32 Å². The summed E-state index contributed by atoms with van der Waals surface area (Å²) in [6.45, 7) is 7.75. The number of hydrogen-bond acceptors (Lipinski definition) is 2. The van der Waals surface area contributed by atoms with Gasteiger partial charge in [0.1, 0.15) is 0 Å². The molecule has 86 valence electrons. The second-order valence-corrected chi connectivity index (χ2v) is 4.34. The van der Waals surface area contributed by atoms with E-state index in [9.17, 15) is 0 Å². The standard InChI is InChI=1S/C12H23N3/c1-4-10(3)6-12(5-2)13-7-11-8-14-15-9-11/h8-10,12-13H,4-7H2,1-3H3,(H,14,15). The van der Waals surface area contributed by atoms with Crippen molar-refractivity contribution in [3.63, 3.8) is 0 Å². The molecule has 2 unspecified atom stereocenters. The van der Waals surface area contributed by atoms with E-state index >= 15 is 0 Å². The van der Waals surface area contributed by atoms with Crippen LogP contribution in [0.4, 0.5) is 0 Å². The van der Waals surface area contributed by atoms with Gasteiger partial charge in [0.15, 0.2) is 0 Å². The van der Waals surface area contributed by atoms with Gasteiger partial charge in [0, 0.05) is 24.3 Å². The van der Waals surface area contributed by atoms with Crippen molar-refractivity contribution in [1.29, 1.82) is 0 Å². The highest BCUT2D eigenvalue weighted by atomic mass is 15.1. The molecule has 15 heavy (non-hydrogen) atoms. The maximum absolute atomic E-state index is 3.94. The Bertz CT molecular complexity index is 243. The highest BCUT2D eigenvalue weighted by Crippen LogP contribution is 2.12. The fourth-order valence-electron chi connectivity index (χ4n) is 1.68. The molecular formula is C12H23N3. The summed E-state index contributed by atoms with van der Waals surface area (Å²) < 4.78 is 0. The Hall–Kier alpha value is -0.830. The number of nitrogens with one attached hydrogen (secondary N) is 2. The minimum atomic E-state index is 0.634. The van der Waals surface area contributed by atoms with Crippen molar-refractivity contribution in [2.75, 3.05) is 0 Å². The van der Waals surface area contributed by atoms with Gasteiger partial charge in [-0.05, 0) is 18.8 Å². The SMILES string of the molecule is CCC(C)CC(CC)NCc1cn[nH]c1. The van der Waals surface area contributed by atoms with Gasteiger partial charge >= 0.3 is 0 Å². The van der Waals surface area contributed by atoms with Crippen LogP contribution in [-0.2, 0) is 6.54 Å². The lowest BCUT2D eigenvalue weighted by atomic mass is 9.98. The second kappa shape index (κ2) is 6.62. The monoisotopic (exact) mass is 209 g/mol. The van der Waals surface area contributed by atoms with Gasteiger partial charge in [-0.15, -0.1) is 0 Å². The molecule has 0 aromatic carbocycles. The molecule has 1 heterocycles. The highest BCUT2D eigenvalue weighted by Gasteiger charge is 2.09. The minimum absolute atomic E-state index is 0.634. The van der Waals surface area contributed by atoms with Crippen LogP contribution in [0.15, 0.2) is 12.4 Å². The van der Waals surface area contributed by atoms with Gasteiger partial charge in [0.05, 0.1) is 6.20 Å². The fraction of sp³-hybridized carbons (Fsp3) is 0.750. The van der Waals surface area contributed by atoms with Crippen LogP contribution in [0, 0.1) is 5.92 Å². The number of H-pyrrole nitrogens is 1. The second-order valence-electron chi connectivity index (χ2n) is 4.34. The zero-order valence-corrected chi connectivity index (χ0v) is 10.1. The van der Waals surface area contributed by atoms with E-state index in [-0.39, 0.29) is 0 Å². The van der Waals surface area contributed by atoms with E-state index in [2.05, 4.69) is 36.3 Å². The zero-order valence-electron chi connectivity index (χ0n) is 10.1. The van der Waals surface area contributed by atoms with Crippen LogP contribution >= 0.6 is 0 Å². The van der Waals surface area contributed by atoms with Crippen LogP contribution in [-0.4, -0.2) is 16.2 Å². The molecule has 0 saturated carbocycles. The molecule has 0 aliphatic rings. The van der Waals surface area contributed by atoms with Crippen molar-refractivity contribution >= 4 is 0 Å². The van der Waals surface area contributed by atoms with Crippen LogP contribution in [0.2, 0.25) is 0 Å². The maximum atomic E-state index is 3.94. The summed E-state index contributed by atoms with van der Waals surface area (Å²) in [7, 11) is 0. The van der Waals surface area contributed by atoms with Crippen molar-refractivity contribution in [2.45, 2.75) is 52.6 Å². The molecule has 0 bridgehead atoms. The minimum Gasteiger partial charge on any atom is -0.310 e. The van der Waals surface area contributed by atoms with E-state index in [0.29, 0.717) is 6.04 Å². The molecule has 0 amide bonds. The lowest BCUT2D eigenvalue weighted by molar-refractivity contribution is 0.384. The van der Waals surface area contributed by atoms with Gasteiger partial charge in [0.2, 0.25) is 0 Å². The highest BCUT2D eigenvalue weighted by molar-refractivity contribution is 5.01. The summed E-state index contributed by atoms with van der Waals surface area (Å²) in [5, 5.41) is 10.3. The number of aromatic nitrogens is 2. The molecule has 1 aromatic rings. The van der Waals surface area contributed by atoms with Crippen molar-refractivity contribution in [3.05, 3.63) is 18.0 Å². The van der Waals surface area contributed by atoms with Gasteiger partial charge in [-0.3, -0.25) is 5.10 Å². The third-order valence-corrected chi connectivity index (χ3v) is 3.03. The third-order valence-electron chi connectivity index (χ3n) is 3.03. The smallest absolute Gasteiger partial charge is 0.0532 e. The van der Waals surface area contributed by atoms with E-state index in [4.69, 9.17) is 0 Å². The lowest BCUT2D eigenvalue weighted by Gasteiger charge is -2.19. The molecule has 3 nitrogen and oxygen atoms in total. The number of nitrogens with zero attached hydrogens (tertiary/aromatic N) is 1. The Kier molecular flexibility index (Phi) is 5.40. The molecule has 2 atom stereocenters. The Morgan fingerprint density at radius 3 is 2.73 bits per heavy atom. The quantitative estimate of drug-likeness (QED) is 0.725. The van der Waals surface area contributed by atoms with Crippen molar-refractivity contribution < 1.29 is 0 Å². The predicted octanol–water partition coefficient (Wildman–Crippen LogP) is 2.71. The molecular weight excluding hydrogens is 186 g/mol. The molecule has 0 aliphatic carbocycles. The lowest BCUT2D eigenvalue weighted by Crippen LogP contribution is -2.29. The molecule has 0 spiro atoms. The summed E-state index contributed by atoms with van der Waals surface area (Å²) in [6, 6.07) is 0.634. The Labute approximate surface area is 92.7 Å². The Balaban J connectivity index is 2.27. The van der Waals surface area contributed by atoms with Gasteiger partial charge in [0.25, 0.3) is 0 Å². The first-order chi connectivity index (χ1) is 7.26. The van der Waals surface area contributed by atoms with E-state index in [1.165, 1.54) is 24.8 Å². The topological polar surface area (TPSA) is 40.7 Å². The Morgan fingerprint density at radius 1 is 1.40 bits per heavy atom. The zero-order chi connectivity index (χ0) is 11.1. The molecule has 0 radical (unpaired) electrons. The fourth-order valence-corrected chi connectivity index (χ4v) is 1.68. The first-order valence-electron chi connectivity index (χ1n) is 5.97. The Morgan fingerprint density at radius 2 is 2.20 bits per heavy atom. The van der Waals surface area contributed by atoms with Crippen LogP contribution in [0.3, 0.4) is 0 Å². The molecule has 1 rings (SSSR count). The van der Waals surface area contributed by atoms with Crippen molar-refractivity contribution in [1.82, 2.24) is 15.5 Å². The average molecular weight is 209 g/mol. The molecule has 0 aliphatic heterocycles. The van der Waals surface area contributed by atoms with Gasteiger partial charge in [-0.2, -0.15) is 5.10 Å². The van der Waals surface area contributed by atoms with E-state index in [1.54, 1.807) is 0 Å². The van der Waals surface area contributed by atoms with Crippen LogP contribution in [0.1, 0.15) is 45.6 Å². The van der Waals surface area contributed by atoms with Crippen molar-refractivity contribution in [2.24, 2.45) is 5.92 Å². The van der Waals surface area contributed by atoms with E-state index < -0.39 is 0 Å². The summed E-state index contributed by atoms with van der Waals surface area (Å²) in [5.41, 5.74) is 1.23. The first kappa shape index (κ1) is 12.2. The first-order valence-corrected chi connectivity index (χ1v) is 5.97. The summed E-state index contributed by atoms with van der Waals surface area (Å²) in [6.07, 6.45) is 7.56. The number of hydrogen-bond donors (Lipinski definition) is 2. The summed E-state index contributed by atoms with van der Waals surface area (Å²) in [4.78, 5) is 0. The molecule has 3 heteroatoms. The van der Waals surface area contributed by atoms with Gasteiger partial charge in [-0.25, -0.2) is 0 Å². The normalized spacial score (nSPS) is 15.1. The summed E-state index contributed by atoms with van der Waals surface area (Å²) in [5.74, 6) is 0.812. The number of rotatable bonds is 7. The largest absolute Gasteiger partial charge is 0.310 e. The van der Waals surface area contributed by atoms with E-state index in [0.717, 1.165) is 12.5 Å². The van der Waals surface area contributed by atoms with Crippen molar-refractivity contribution in [3.8, 4) is 0 Å². The molecule has 2 N–H and O–H groups in total. The molecule has 0 fully saturated rings. The van der Waals surface area contributed by atoms with Gasteiger partial charge < -0.3 is 5.32 Å². The molecule has 0 saturated heterocycles. The average Bonchev–Trinajstić information content (AvgIpc) is 2.76. The predicted molar refractivity (Wildman–Crippen MR) is 63.6 cm³/mol. The van der Waals surface area contributed by atoms with Crippen LogP contribution in [0.25, 0.3) is 0 Å². The maximum Gasteiger partial charge on any atom is 0.0532 e. The van der Waals surface area contributed by atoms with E-state index in [1.807, 2.05) is 12.4 Å². The third kappa shape index (κ3) is 4.47. The summed E-state index contributed by atoms with van der Waals surface area (Å²) >= 11 is 0. The van der Waals surface area contributed by atoms with Gasteiger partial charge in [-0.1, -0.05) is 27.2 Å². The van der Waals surface area contributed by atoms with Crippen LogP contribution in [0.5, 0.6) is 0 Å². The molecule has 1 aromatic heterocycles.